The lowest BCUT2D eigenvalue weighted by atomic mass is 10.1. The summed E-state index contributed by atoms with van der Waals surface area (Å²) in [6.07, 6.45) is 6.34. The summed E-state index contributed by atoms with van der Waals surface area (Å²) in [6.45, 7) is 0. The van der Waals surface area contributed by atoms with Crippen LogP contribution >= 0.6 is 11.6 Å². The van der Waals surface area contributed by atoms with Crippen molar-refractivity contribution in [2.24, 2.45) is 0 Å². The Hall–Kier alpha value is -3.43. The Labute approximate surface area is 169 Å². The molecule has 0 bridgehead atoms. The summed E-state index contributed by atoms with van der Waals surface area (Å²) in [5, 5.41) is 3.35. The van der Waals surface area contributed by atoms with Crippen LogP contribution in [0.3, 0.4) is 0 Å². The molecule has 0 aliphatic carbocycles. The Morgan fingerprint density at radius 2 is 1.54 bits per heavy atom. The van der Waals surface area contributed by atoms with Crippen molar-refractivity contribution in [3.8, 4) is 0 Å². The van der Waals surface area contributed by atoms with Crippen molar-refractivity contribution in [2.75, 3.05) is 5.32 Å². The zero-order valence-corrected chi connectivity index (χ0v) is 15.8. The number of rotatable bonds is 6. The zero-order chi connectivity index (χ0) is 19.8. The van der Waals surface area contributed by atoms with E-state index in [9.17, 15) is 9.59 Å². The lowest BCUT2D eigenvalue weighted by Gasteiger charge is -2.04. The number of benzene rings is 3. The normalized spacial score (nSPS) is 11.0. The quantitative estimate of drug-likeness (QED) is 0.423. The summed E-state index contributed by atoms with van der Waals surface area (Å²) in [4.78, 5) is 24.5. The molecule has 4 heteroatoms. The van der Waals surface area contributed by atoms with E-state index in [1.807, 2.05) is 48.5 Å². The van der Waals surface area contributed by atoms with E-state index in [-0.39, 0.29) is 11.7 Å². The number of amides is 1. The summed E-state index contributed by atoms with van der Waals surface area (Å²) in [6, 6.07) is 23.7. The smallest absolute Gasteiger partial charge is 0.248 e. The number of nitrogens with one attached hydrogen (secondary N) is 1. The summed E-state index contributed by atoms with van der Waals surface area (Å²) in [7, 11) is 0. The van der Waals surface area contributed by atoms with E-state index in [0.717, 1.165) is 11.1 Å². The summed E-state index contributed by atoms with van der Waals surface area (Å²) in [5.41, 5.74) is 2.74. The predicted molar refractivity (Wildman–Crippen MR) is 115 cm³/mol. The average molecular weight is 388 g/mol. The second-order valence-electron chi connectivity index (χ2n) is 6.03. The van der Waals surface area contributed by atoms with E-state index in [1.165, 1.54) is 12.2 Å². The van der Waals surface area contributed by atoms with Crippen LogP contribution in [0, 0.1) is 0 Å². The van der Waals surface area contributed by atoms with E-state index < -0.39 is 0 Å². The van der Waals surface area contributed by atoms with Crippen LogP contribution in [0.1, 0.15) is 21.5 Å². The van der Waals surface area contributed by atoms with Crippen molar-refractivity contribution in [3.63, 3.8) is 0 Å². The van der Waals surface area contributed by atoms with Crippen LogP contribution in [0.15, 0.2) is 91.0 Å². The van der Waals surface area contributed by atoms with Crippen LogP contribution in [0.4, 0.5) is 5.69 Å². The van der Waals surface area contributed by atoms with Gasteiger partial charge in [0.15, 0.2) is 5.78 Å². The monoisotopic (exact) mass is 387 g/mol. The number of carbonyl (C=O) groups excluding carboxylic acids is 2. The van der Waals surface area contributed by atoms with E-state index in [1.54, 1.807) is 42.5 Å². The molecule has 1 amide bonds. The predicted octanol–water partition coefficient (Wildman–Crippen LogP) is 5.89. The van der Waals surface area contributed by atoms with E-state index >= 15 is 0 Å². The molecule has 0 saturated heterocycles. The van der Waals surface area contributed by atoms with Gasteiger partial charge in [-0.3, -0.25) is 9.59 Å². The Morgan fingerprint density at radius 3 is 2.32 bits per heavy atom. The van der Waals surface area contributed by atoms with Gasteiger partial charge in [0.1, 0.15) is 0 Å². The summed E-state index contributed by atoms with van der Waals surface area (Å²) < 4.78 is 0. The molecule has 0 aliphatic rings. The Balaban J connectivity index is 1.66. The SMILES string of the molecule is O=C(C=Cc1ccccc1)Nc1cccc(C(=O)/C=C/c2ccccc2Cl)c1. The van der Waals surface area contributed by atoms with Gasteiger partial charge in [0.2, 0.25) is 5.91 Å². The molecule has 0 unspecified atom stereocenters. The molecule has 0 fully saturated rings. The molecule has 28 heavy (non-hydrogen) atoms. The third-order valence-electron chi connectivity index (χ3n) is 3.96. The van der Waals surface area contributed by atoms with Crippen molar-refractivity contribution >= 4 is 41.1 Å². The van der Waals surface area contributed by atoms with E-state index in [0.29, 0.717) is 16.3 Å². The Bertz CT molecular complexity index is 1040. The minimum Gasteiger partial charge on any atom is -0.322 e. The van der Waals surface area contributed by atoms with Crippen LogP contribution in [0.5, 0.6) is 0 Å². The molecule has 3 aromatic carbocycles. The van der Waals surface area contributed by atoms with Crippen LogP contribution < -0.4 is 5.32 Å². The summed E-state index contributed by atoms with van der Waals surface area (Å²) in [5.74, 6) is -0.434. The molecular weight excluding hydrogens is 370 g/mol. The van der Waals surface area contributed by atoms with Crippen molar-refractivity contribution in [3.05, 3.63) is 113 Å². The van der Waals surface area contributed by atoms with Gasteiger partial charge in [-0.2, -0.15) is 0 Å². The van der Waals surface area contributed by atoms with Crippen molar-refractivity contribution in [2.45, 2.75) is 0 Å². The molecular formula is C24H18ClNO2. The second kappa shape index (κ2) is 9.49. The minimum absolute atomic E-state index is 0.171. The number of halogens is 1. The van der Waals surface area contributed by atoms with Gasteiger partial charge < -0.3 is 5.32 Å². The summed E-state index contributed by atoms with van der Waals surface area (Å²) >= 11 is 6.09. The topological polar surface area (TPSA) is 46.2 Å². The third kappa shape index (κ3) is 5.53. The van der Waals surface area contributed by atoms with Crippen molar-refractivity contribution in [1.29, 1.82) is 0 Å². The fraction of sp³-hybridized carbons (Fsp3) is 0. The number of carbonyl (C=O) groups is 2. The first-order valence-corrected chi connectivity index (χ1v) is 9.11. The van der Waals surface area contributed by atoms with Gasteiger partial charge in [0.05, 0.1) is 0 Å². The van der Waals surface area contributed by atoms with Crippen LogP contribution in [-0.2, 0) is 4.79 Å². The number of hydrogen-bond donors (Lipinski definition) is 1. The number of allylic oxidation sites excluding steroid dienone is 1. The highest BCUT2D eigenvalue weighted by molar-refractivity contribution is 6.32. The second-order valence-corrected chi connectivity index (χ2v) is 6.44. The fourth-order valence-corrected chi connectivity index (χ4v) is 2.74. The van der Waals surface area contributed by atoms with Gasteiger partial charge in [0, 0.05) is 22.3 Å². The molecule has 0 saturated carbocycles. The van der Waals surface area contributed by atoms with Crippen molar-refractivity contribution < 1.29 is 9.59 Å². The average Bonchev–Trinajstić information content (AvgIpc) is 2.72. The Morgan fingerprint density at radius 1 is 0.786 bits per heavy atom. The first-order chi connectivity index (χ1) is 13.6. The van der Waals surface area contributed by atoms with Crippen LogP contribution in [0.25, 0.3) is 12.2 Å². The first-order valence-electron chi connectivity index (χ1n) is 8.73. The molecule has 0 heterocycles. The molecule has 0 atom stereocenters. The number of hydrogen-bond acceptors (Lipinski definition) is 2. The first kappa shape index (κ1) is 19.3. The van der Waals surface area contributed by atoms with Crippen LogP contribution in [0.2, 0.25) is 5.02 Å². The lowest BCUT2D eigenvalue weighted by Crippen LogP contribution is -2.08. The minimum atomic E-state index is -0.264. The molecule has 0 spiro atoms. The number of anilines is 1. The van der Waals surface area contributed by atoms with Gasteiger partial charge >= 0.3 is 0 Å². The van der Waals surface area contributed by atoms with Gasteiger partial charge in [-0.15, -0.1) is 0 Å². The lowest BCUT2D eigenvalue weighted by molar-refractivity contribution is -0.111. The standard InChI is InChI=1S/C24H18ClNO2/c25-22-12-5-4-9-19(22)14-15-23(27)20-10-6-11-21(17-20)26-24(28)16-13-18-7-2-1-3-8-18/h1-17H,(H,26,28)/b15-14+,16-13?. The van der Waals surface area contributed by atoms with Gasteiger partial charge in [-0.25, -0.2) is 0 Å². The van der Waals surface area contributed by atoms with E-state index in [4.69, 9.17) is 11.6 Å². The molecule has 1 N–H and O–H groups in total. The highest BCUT2D eigenvalue weighted by Crippen LogP contribution is 2.17. The molecule has 3 aromatic rings. The maximum atomic E-state index is 12.4. The highest BCUT2D eigenvalue weighted by Gasteiger charge is 2.05. The van der Waals surface area contributed by atoms with Gasteiger partial charge in [-0.1, -0.05) is 72.3 Å². The zero-order valence-electron chi connectivity index (χ0n) is 15.0. The maximum absolute atomic E-state index is 12.4. The highest BCUT2D eigenvalue weighted by atomic mass is 35.5. The van der Waals surface area contributed by atoms with Gasteiger partial charge in [-0.05, 0) is 47.6 Å². The van der Waals surface area contributed by atoms with Crippen molar-refractivity contribution in [1.82, 2.24) is 0 Å². The molecule has 3 nitrogen and oxygen atoms in total. The van der Waals surface area contributed by atoms with Gasteiger partial charge in [0.25, 0.3) is 0 Å². The van der Waals surface area contributed by atoms with E-state index in [2.05, 4.69) is 5.32 Å². The fourth-order valence-electron chi connectivity index (χ4n) is 2.54. The maximum Gasteiger partial charge on any atom is 0.248 e. The largest absolute Gasteiger partial charge is 0.322 e. The van der Waals surface area contributed by atoms with Crippen LogP contribution in [-0.4, -0.2) is 11.7 Å². The molecule has 0 aliphatic heterocycles. The molecule has 138 valence electrons. The molecule has 0 aromatic heterocycles. The Kier molecular flexibility index (Phi) is 6.55. The number of ketones is 1. The molecule has 0 radical (unpaired) electrons. The third-order valence-corrected chi connectivity index (χ3v) is 4.31. The molecule has 3 rings (SSSR count).